The van der Waals surface area contributed by atoms with Gasteiger partial charge >= 0.3 is 0 Å². The van der Waals surface area contributed by atoms with Gasteiger partial charge in [-0.05, 0) is 42.2 Å². The predicted molar refractivity (Wildman–Crippen MR) is 76.0 cm³/mol. The third-order valence-corrected chi connectivity index (χ3v) is 3.49. The van der Waals surface area contributed by atoms with Crippen molar-refractivity contribution in [2.45, 2.75) is 25.4 Å². The average molecular weight is 272 g/mol. The number of methoxy groups -OCH3 is 1. The van der Waals surface area contributed by atoms with Gasteiger partial charge in [-0.25, -0.2) is 4.39 Å². The minimum absolute atomic E-state index is 0.238. The molecule has 0 saturated heterocycles. The second-order valence-electron chi connectivity index (χ2n) is 5.07. The lowest BCUT2D eigenvalue weighted by molar-refractivity contribution is 0.413. The maximum Gasteiger partial charge on any atom is 0.137 e. The van der Waals surface area contributed by atoms with Gasteiger partial charge in [-0.15, -0.1) is 0 Å². The van der Waals surface area contributed by atoms with Crippen molar-refractivity contribution < 1.29 is 9.13 Å². The Bertz CT molecular complexity index is 611. The first-order valence-corrected chi connectivity index (χ1v) is 6.77. The normalized spacial score (nSPS) is 14.3. The molecule has 1 saturated carbocycles. The van der Waals surface area contributed by atoms with Crippen LogP contribution in [0.5, 0.6) is 5.75 Å². The summed E-state index contributed by atoms with van der Waals surface area (Å²) in [4.78, 5) is 4.14. The summed E-state index contributed by atoms with van der Waals surface area (Å²) in [6.07, 6.45) is 5.84. The first-order chi connectivity index (χ1) is 9.76. The van der Waals surface area contributed by atoms with Gasteiger partial charge in [0.25, 0.3) is 0 Å². The van der Waals surface area contributed by atoms with Crippen molar-refractivity contribution in [3.8, 4) is 16.9 Å². The molecule has 2 aromatic rings. The third-order valence-electron chi connectivity index (χ3n) is 3.49. The van der Waals surface area contributed by atoms with Gasteiger partial charge in [0.2, 0.25) is 0 Å². The number of ether oxygens (including phenoxy) is 1. The van der Waals surface area contributed by atoms with Crippen molar-refractivity contribution in [2.24, 2.45) is 0 Å². The maximum absolute atomic E-state index is 13.6. The van der Waals surface area contributed by atoms with Crippen LogP contribution in [0.3, 0.4) is 0 Å². The molecule has 1 aliphatic carbocycles. The molecule has 0 unspecified atom stereocenters. The third kappa shape index (κ3) is 2.96. The highest BCUT2D eigenvalue weighted by Gasteiger charge is 2.20. The first kappa shape index (κ1) is 13.1. The van der Waals surface area contributed by atoms with Crippen LogP contribution in [0.25, 0.3) is 11.1 Å². The van der Waals surface area contributed by atoms with Crippen LogP contribution in [0, 0.1) is 5.82 Å². The number of hydrogen-bond acceptors (Lipinski definition) is 3. The zero-order valence-electron chi connectivity index (χ0n) is 11.4. The molecule has 0 atom stereocenters. The molecule has 4 heteroatoms. The van der Waals surface area contributed by atoms with Crippen molar-refractivity contribution in [2.75, 3.05) is 7.11 Å². The number of rotatable bonds is 5. The number of benzene rings is 1. The Morgan fingerprint density at radius 2 is 2.15 bits per heavy atom. The Morgan fingerprint density at radius 3 is 2.90 bits per heavy atom. The zero-order valence-corrected chi connectivity index (χ0v) is 11.4. The standard InChI is InChI=1S/C16H17FN2O/c1-20-15-6-12(8-18-10-15)16-7-13(17)3-2-11(16)9-19-14-4-5-14/h2-3,6-8,10,14,19H,4-5,9H2,1H3. The summed E-state index contributed by atoms with van der Waals surface area (Å²) in [5, 5.41) is 3.46. The van der Waals surface area contributed by atoms with E-state index in [0.717, 1.165) is 23.2 Å². The summed E-state index contributed by atoms with van der Waals surface area (Å²) in [7, 11) is 1.60. The minimum Gasteiger partial charge on any atom is -0.495 e. The summed E-state index contributed by atoms with van der Waals surface area (Å²) in [6, 6.07) is 7.39. The Labute approximate surface area is 117 Å². The Hall–Kier alpha value is -1.94. The van der Waals surface area contributed by atoms with Crippen molar-refractivity contribution >= 4 is 0 Å². The van der Waals surface area contributed by atoms with Crippen LogP contribution in [0.1, 0.15) is 18.4 Å². The molecule has 0 radical (unpaired) electrons. The van der Waals surface area contributed by atoms with Gasteiger partial charge in [-0.2, -0.15) is 0 Å². The Morgan fingerprint density at radius 1 is 1.30 bits per heavy atom. The van der Waals surface area contributed by atoms with Crippen LogP contribution in [-0.4, -0.2) is 18.1 Å². The van der Waals surface area contributed by atoms with Gasteiger partial charge in [-0.1, -0.05) is 6.07 Å². The van der Waals surface area contributed by atoms with Gasteiger partial charge in [-0.3, -0.25) is 4.98 Å². The molecular weight excluding hydrogens is 255 g/mol. The molecule has 1 aromatic carbocycles. The van der Waals surface area contributed by atoms with Crippen molar-refractivity contribution in [1.29, 1.82) is 0 Å². The quantitative estimate of drug-likeness (QED) is 0.908. The summed E-state index contributed by atoms with van der Waals surface area (Å²) in [6.45, 7) is 0.748. The lowest BCUT2D eigenvalue weighted by atomic mass is 10.0. The number of pyridine rings is 1. The van der Waals surface area contributed by atoms with Crippen LogP contribution < -0.4 is 10.1 Å². The fraction of sp³-hybridized carbons (Fsp3) is 0.312. The van der Waals surface area contributed by atoms with E-state index in [1.54, 1.807) is 25.6 Å². The van der Waals surface area contributed by atoms with Crippen LogP contribution in [-0.2, 0) is 6.54 Å². The molecule has 1 aromatic heterocycles. The first-order valence-electron chi connectivity index (χ1n) is 6.77. The van der Waals surface area contributed by atoms with Crippen LogP contribution in [0.15, 0.2) is 36.7 Å². The highest BCUT2D eigenvalue weighted by atomic mass is 19.1. The van der Waals surface area contributed by atoms with E-state index in [1.807, 2.05) is 12.1 Å². The van der Waals surface area contributed by atoms with Crippen LogP contribution in [0.2, 0.25) is 0 Å². The Kier molecular flexibility index (Phi) is 3.65. The summed E-state index contributed by atoms with van der Waals surface area (Å²) in [5.41, 5.74) is 2.81. The summed E-state index contributed by atoms with van der Waals surface area (Å²) < 4.78 is 18.7. The fourth-order valence-electron chi connectivity index (χ4n) is 2.19. The van der Waals surface area contributed by atoms with Crippen molar-refractivity contribution in [1.82, 2.24) is 10.3 Å². The minimum atomic E-state index is -0.238. The molecule has 3 rings (SSSR count). The van der Waals surface area contributed by atoms with E-state index in [-0.39, 0.29) is 5.82 Å². The molecule has 1 N–H and O–H groups in total. The number of halogens is 1. The highest BCUT2D eigenvalue weighted by Crippen LogP contribution is 2.28. The highest BCUT2D eigenvalue weighted by molar-refractivity contribution is 5.67. The molecule has 0 aliphatic heterocycles. The van der Waals surface area contributed by atoms with E-state index < -0.39 is 0 Å². The lowest BCUT2D eigenvalue weighted by Crippen LogP contribution is -2.16. The molecular formula is C16H17FN2O. The van der Waals surface area contributed by atoms with Gasteiger partial charge in [0.05, 0.1) is 13.3 Å². The summed E-state index contributed by atoms with van der Waals surface area (Å²) in [5.74, 6) is 0.436. The second-order valence-corrected chi connectivity index (χ2v) is 5.07. The SMILES string of the molecule is COc1cncc(-c2cc(F)ccc2CNC2CC2)c1. The summed E-state index contributed by atoms with van der Waals surface area (Å²) >= 11 is 0. The van der Waals surface area contributed by atoms with Crippen LogP contribution in [0.4, 0.5) is 4.39 Å². The second kappa shape index (κ2) is 5.59. The largest absolute Gasteiger partial charge is 0.495 e. The van der Waals surface area contributed by atoms with E-state index >= 15 is 0 Å². The van der Waals surface area contributed by atoms with Gasteiger partial charge < -0.3 is 10.1 Å². The van der Waals surface area contributed by atoms with E-state index in [4.69, 9.17) is 4.74 Å². The molecule has 20 heavy (non-hydrogen) atoms. The number of aromatic nitrogens is 1. The predicted octanol–water partition coefficient (Wildman–Crippen LogP) is 3.15. The molecule has 3 nitrogen and oxygen atoms in total. The van der Waals surface area contributed by atoms with E-state index in [2.05, 4.69) is 10.3 Å². The molecule has 1 aliphatic rings. The zero-order chi connectivity index (χ0) is 13.9. The maximum atomic E-state index is 13.6. The lowest BCUT2D eigenvalue weighted by Gasteiger charge is -2.11. The van der Waals surface area contributed by atoms with E-state index in [1.165, 1.54) is 18.9 Å². The smallest absolute Gasteiger partial charge is 0.137 e. The van der Waals surface area contributed by atoms with Crippen molar-refractivity contribution in [3.63, 3.8) is 0 Å². The number of hydrogen-bond donors (Lipinski definition) is 1. The average Bonchev–Trinajstić information content (AvgIpc) is 3.30. The van der Waals surface area contributed by atoms with Gasteiger partial charge in [0, 0.05) is 24.3 Å². The molecule has 0 bridgehead atoms. The number of nitrogens with zero attached hydrogens (tertiary/aromatic N) is 1. The van der Waals surface area contributed by atoms with E-state index in [9.17, 15) is 4.39 Å². The van der Waals surface area contributed by atoms with E-state index in [0.29, 0.717) is 11.8 Å². The molecule has 0 amide bonds. The topological polar surface area (TPSA) is 34.1 Å². The Balaban J connectivity index is 1.94. The number of nitrogens with one attached hydrogen (secondary N) is 1. The molecule has 1 fully saturated rings. The van der Waals surface area contributed by atoms with Crippen LogP contribution >= 0.6 is 0 Å². The molecule has 104 valence electrons. The van der Waals surface area contributed by atoms with Crippen molar-refractivity contribution in [3.05, 3.63) is 48.0 Å². The van der Waals surface area contributed by atoms with Gasteiger partial charge in [0.15, 0.2) is 0 Å². The molecule has 0 spiro atoms. The fourth-order valence-corrected chi connectivity index (χ4v) is 2.19. The monoisotopic (exact) mass is 272 g/mol. The van der Waals surface area contributed by atoms with Gasteiger partial charge in [0.1, 0.15) is 11.6 Å². The molecule has 1 heterocycles.